The lowest BCUT2D eigenvalue weighted by Crippen LogP contribution is -2.27. The number of carbonyl (C=O) groups excluding carboxylic acids is 1. The molecule has 118 valence electrons. The highest BCUT2D eigenvalue weighted by molar-refractivity contribution is 7.99. The number of benzene rings is 1. The maximum Gasteiger partial charge on any atom is 0.230 e. The van der Waals surface area contributed by atoms with Crippen LogP contribution < -0.4 is 5.32 Å². The minimum absolute atomic E-state index is 0.0333. The van der Waals surface area contributed by atoms with Crippen molar-refractivity contribution in [1.29, 1.82) is 0 Å². The zero-order valence-corrected chi connectivity index (χ0v) is 14.4. The molecule has 22 heavy (non-hydrogen) atoms. The van der Waals surface area contributed by atoms with Gasteiger partial charge in [-0.15, -0.1) is 10.2 Å². The summed E-state index contributed by atoms with van der Waals surface area (Å²) in [6.07, 6.45) is 0. The molecule has 0 unspecified atom stereocenters. The summed E-state index contributed by atoms with van der Waals surface area (Å²) in [6, 6.07) is 10.3. The van der Waals surface area contributed by atoms with E-state index >= 15 is 0 Å². The Morgan fingerprint density at radius 3 is 2.73 bits per heavy atom. The third-order valence-corrected chi connectivity index (χ3v) is 5.12. The van der Waals surface area contributed by atoms with Crippen LogP contribution in [-0.4, -0.2) is 38.7 Å². The average molecular weight is 336 g/mol. The summed E-state index contributed by atoms with van der Waals surface area (Å²) >= 11 is 3.23. The SMILES string of the molecule is Cc1nnc(SCC(=O)NCCSCc2ccccc2)n1C. The summed E-state index contributed by atoms with van der Waals surface area (Å²) in [7, 11) is 1.90. The second-order valence-corrected chi connectivity index (χ2v) is 6.81. The van der Waals surface area contributed by atoms with Gasteiger partial charge in [0, 0.05) is 25.1 Å². The molecular formula is C15H20N4OS2. The molecular weight excluding hydrogens is 316 g/mol. The second kappa shape index (κ2) is 8.85. The molecule has 1 amide bonds. The molecule has 7 heteroatoms. The molecule has 0 fully saturated rings. The van der Waals surface area contributed by atoms with Gasteiger partial charge in [0.1, 0.15) is 5.82 Å². The summed E-state index contributed by atoms with van der Waals surface area (Å²) in [5, 5.41) is 11.7. The van der Waals surface area contributed by atoms with Crippen molar-refractivity contribution in [3.8, 4) is 0 Å². The Labute approximate surface area is 139 Å². The van der Waals surface area contributed by atoms with Crippen molar-refractivity contribution in [2.24, 2.45) is 7.05 Å². The molecule has 1 heterocycles. The lowest BCUT2D eigenvalue weighted by Gasteiger charge is -2.05. The highest BCUT2D eigenvalue weighted by atomic mass is 32.2. The van der Waals surface area contributed by atoms with Crippen LogP contribution in [-0.2, 0) is 17.6 Å². The van der Waals surface area contributed by atoms with E-state index in [1.165, 1.54) is 17.3 Å². The molecule has 0 aliphatic heterocycles. The van der Waals surface area contributed by atoms with Crippen LogP contribution in [0.25, 0.3) is 0 Å². The van der Waals surface area contributed by atoms with Gasteiger partial charge in [-0.1, -0.05) is 42.1 Å². The first-order chi connectivity index (χ1) is 10.7. The monoisotopic (exact) mass is 336 g/mol. The first-order valence-corrected chi connectivity index (χ1v) is 9.18. The summed E-state index contributed by atoms with van der Waals surface area (Å²) in [6.45, 7) is 2.58. The number of aryl methyl sites for hydroxylation is 1. The van der Waals surface area contributed by atoms with Crippen LogP contribution >= 0.6 is 23.5 Å². The molecule has 5 nitrogen and oxygen atoms in total. The summed E-state index contributed by atoms with van der Waals surface area (Å²) < 4.78 is 1.88. The Kier molecular flexibility index (Phi) is 6.79. The molecule has 1 aromatic carbocycles. The molecule has 2 aromatic rings. The van der Waals surface area contributed by atoms with Gasteiger partial charge in [-0.25, -0.2) is 0 Å². The van der Waals surface area contributed by atoms with Gasteiger partial charge in [0.05, 0.1) is 5.75 Å². The van der Waals surface area contributed by atoms with Crippen molar-refractivity contribution in [3.63, 3.8) is 0 Å². The molecule has 0 atom stereocenters. The van der Waals surface area contributed by atoms with E-state index in [0.717, 1.165) is 22.5 Å². The van der Waals surface area contributed by atoms with Crippen molar-refractivity contribution < 1.29 is 4.79 Å². The van der Waals surface area contributed by atoms with Gasteiger partial charge in [0.2, 0.25) is 5.91 Å². The van der Waals surface area contributed by atoms with Crippen molar-refractivity contribution in [1.82, 2.24) is 20.1 Å². The summed E-state index contributed by atoms with van der Waals surface area (Å²) in [5.74, 6) is 3.14. The van der Waals surface area contributed by atoms with E-state index in [4.69, 9.17) is 0 Å². The molecule has 0 radical (unpaired) electrons. The number of aromatic nitrogens is 3. The Bertz CT molecular complexity index is 601. The third kappa shape index (κ3) is 5.38. The van der Waals surface area contributed by atoms with E-state index in [0.29, 0.717) is 12.3 Å². The molecule has 0 saturated carbocycles. The highest BCUT2D eigenvalue weighted by Gasteiger charge is 2.08. The fraction of sp³-hybridized carbons (Fsp3) is 0.400. The number of rotatable bonds is 8. The fourth-order valence-corrected chi connectivity index (χ4v) is 3.33. The fourth-order valence-electron chi connectivity index (χ4n) is 1.72. The van der Waals surface area contributed by atoms with E-state index in [1.807, 2.05) is 48.5 Å². The Morgan fingerprint density at radius 1 is 1.27 bits per heavy atom. The molecule has 0 spiro atoms. The normalized spacial score (nSPS) is 10.6. The van der Waals surface area contributed by atoms with E-state index in [2.05, 4.69) is 27.6 Å². The van der Waals surface area contributed by atoms with Gasteiger partial charge in [0.15, 0.2) is 5.16 Å². The number of nitrogens with one attached hydrogen (secondary N) is 1. The van der Waals surface area contributed by atoms with E-state index in [-0.39, 0.29) is 5.91 Å². The molecule has 0 bridgehead atoms. The maximum absolute atomic E-state index is 11.8. The van der Waals surface area contributed by atoms with Gasteiger partial charge in [0.25, 0.3) is 0 Å². The zero-order valence-electron chi connectivity index (χ0n) is 12.8. The number of amides is 1. The maximum atomic E-state index is 11.8. The van der Waals surface area contributed by atoms with Gasteiger partial charge < -0.3 is 9.88 Å². The Hall–Kier alpha value is -1.47. The van der Waals surface area contributed by atoms with E-state index in [1.54, 1.807) is 0 Å². The van der Waals surface area contributed by atoms with E-state index in [9.17, 15) is 4.79 Å². The largest absolute Gasteiger partial charge is 0.355 e. The second-order valence-electron chi connectivity index (χ2n) is 4.77. The van der Waals surface area contributed by atoms with Crippen molar-refractivity contribution in [3.05, 3.63) is 41.7 Å². The van der Waals surface area contributed by atoms with Crippen LogP contribution in [0.5, 0.6) is 0 Å². The highest BCUT2D eigenvalue weighted by Crippen LogP contribution is 2.14. The Balaban J connectivity index is 1.57. The van der Waals surface area contributed by atoms with Crippen LogP contribution in [0.15, 0.2) is 35.5 Å². The smallest absolute Gasteiger partial charge is 0.230 e. The number of thioether (sulfide) groups is 2. The van der Waals surface area contributed by atoms with Crippen LogP contribution in [0, 0.1) is 6.92 Å². The average Bonchev–Trinajstić information content (AvgIpc) is 2.85. The quantitative estimate of drug-likeness (QED) is 0.592. The van der Waals surface area contributed by atoms with Crippen LogP contribution in [0.4, 0.5) is 0 Å². The molecule has 0 aliphatic carbocycles. The molecule has 2 rings (SSSR count). The summed E-state index contributed by atoms with van der Waals surface area (Å²) in [5.41, 5.74) is 1.31. The standard InChI is InChI=1S/C15H20N4OS2/c1-12-17-18-15(19(12)2)22-11-14(20)16-8-9-21-10-13-6-4-3-5-7-13/h3-7H,8-11H2,1-2H3,(H,16,20). The lowest BCUT2D eigenvalue weighted by molar-refractivity contribution is -0.118. The first-order valence-electron chi connectivity index (χ1n) is 7.04. The van der Waals surface area contributed by atoms with Gasteiger partial charge in [-0.2, -0.15) is 11.8 Å². The predicted molar refractivity (Wildman–Crippen MR) is 92.1 cm³/mol. The van der Waals surface area contributed by atoms with Crippen LogP contribution in [0.2, 0.25) is 0 Å². The van der Waals surface area contributed by atoms with Gasteiger partial charge in [-0.05, 0) is 12.5 Å². The van der Waals surface area contributed by atoms with Crippen LogP contribution in [0.1, 0.15) is 11.4 Å². The zero-order chi connectivity index (χ0) is 15.8. The topological polar surface area (TPSA) is 59.8 Å². The minimum Gasteiger partial charge on any atom is -0.355 e. The summed E-state index contributed by atoms with van der Waals surface area (Å²) in [4.78, 5) is 11.8. The lowest BCUT2D eigenvalue weighted by atomic mass is 10.2. The number of carbonyl (C=O) groups is 1. The van der Waals surface area contributed by atoms with Crippen molar-refractivity contribution >= 4 is 29.4 Å². The number of hydrogen-bond donors (Lipinski definition) is 1. The molecule has 0 aliphatic rings. The molecule has 1 N–H and O–H groups in total. The third-order valence-electron chi connectivity index (χ3n) is 3.07. The first kappa shape index (κ1) is 16.9. The Morgan fingerprint density at radius 2 is 2.05 bits per heavy atom. The van der Waals surface area contributed by atoms with Gasteiger partial charge >= 0.3 is 0 Å². The number of nitrogens with zero attached hydrogens (tertiary/aromatic N) is 3. The van der Waals surface area contributed by atoms with Gasteiger partial charge in [-0.3, -0.25) is 4.79 Å². The predicted octanol–water partition coefficient (Wildman–Crippen LogP) is 2.27. The van der Waals surface area contributed by atoms with Crippen LogP contribution in [0.3, 0.4) is 0 Å². The number of hydrogen-bond acceptors (Lipinski definition) is 5. The van der Waals surface area contributed by atoms with Crippen molar-refractivity contribution in [2.45, 2.75) is 17.8 Å². The minimum atomic E-state index is 0.0333. The molecule has 1 aromatic heterocycles. The molecule has 0 saturated heterocycles. The van der Waals surface area contributed by atoms with E-state index < -0.39 is 0 Å². The van der Waals surface area contributed by atoms with Crippen molar-refractivity contribution in [2.75, 3.05) is 18.1 Å².